The van der Waals surface area contributed by atoms with Crippen molar-refractivity contribution in [2.75, 3.05) is 18.0 Å². The first-order valence-electron chi connectivity index (χ1n) is 4.53. The van der Waals surface area contributed by atoms with E-state index in [1.54, 1.807) is 12.1 Å². The molecule has 0 amide bonds. The summed E-state index contributed by atoms with van der Waals surface area (Å²) in [6.45, 7) is 0.950. The number of nitrogens with zero attached hydrogens (tertiary/aromatic N) is 1. The molecular formula is C10H12ClNO2. The number of aliphatic hydroxyl groups excluding tert-OH is 2. The van der Waals surface area contributed by atoms with E-state index >= 15 is 0 Å². The van der Waals surface area contributed by atoms with Crippen LogP contribution in [0.15, 0.2) is 24.3 Å². The predicted molar refractivity (Wildman–Crippen MR) is 55.7 cm³/mol. The number of β-amino-alcohol motifs (C(OH)–C–C–N with tert-alkyl or cyclic N) is 2. The van der Waals surface area contributed by atoms with Crippen LogP contribution in [0.4, 0.5) is 5.69 Å². The molecule has 0 bridgehead atoms. The van der Waals surface area contributed by atoms with E-state index in [1.165, 1.54) is 0 Å². The summed E-state index contributed by atoms with van der Waals surface area (Å²) in [4.78, 5) is 1.94. The van der Waals surface area contributed by atoms with Gasteiger partial charge < -0.3 is 15.1 Å². The van der Waals surface area contributed by atoms with Crippen molar-refractivity contribution in [3.05, 3.63) is 29.3 Å². The summed E-state index contributed by atoms with van der Waals surface area (Å²) in [6.07, 6.45) is -1.30. The van der Waals surface area contributed by atoms with Crippen molar-refractivity contribution in [2.24, 2.45) is 0 Å². The fourth-order valence-electron chi connectivity index (χ4n) is 1.63. The standard InChI is InChI=1S/C10H12ClNO2/c11-7-1-3-8(4-2-7)12-5-9(13)10(14)6-12/h1-4,9-10,13-14H,5-6H2/t9-,10-/m0/s1. The van der Waals surface area contributed by atoms with Crippen LogP contribution in [-0.2, 0) is 0 Å². The number of aliphatic hydroxyl groups is 2. The number of hydrogen-bond acceptors (Lipinski definition) is 3. The summed E-state index contributed by atoms with van der Waals surface area (Å²) in [6, 6.07) is 7.36. The van der Waals surface area contributed by atoms with Crippen LogP contribution < -0.4 is 4.90 Å². The minimum atomic E-state index is -0.648. The lowest BCUT2D eigenvalue weighted by molar-refractivity contribution is 0.0572. The third kappa shape index (κ3) is 1.85. The van der Waals surface area contributed by atoms with Crippen molar-refractivity contribution in [1.29, 1.82) is 0 Å². The molecule has 1 aromatic rings. The molecule has 14 heavy (non-hydrogen) atoms. The van der Waals surface area contributed by atoms with Gasteiger partial charge >= 0.3 is 0 Å². The van der Waals surface area contributed by atoms with Gasteiger partial charge in [0.1, 0.15) is 0 Å². The number of hydrogen-bond donors (Lipinski definition) is 2. The van der Waals surface area contributed by atoms with Gasteiger partial charge in [-0.2, -0.15) is 0 Å². The summed E-state index contributed by atoms with van der Waals surface area (Å²) in [5, 5.41) is 19.4. The molecule has 0 aromatic heterocycles. The van der Waals surface area contributed by atoms with E-state index in [-0.39, 0.29) is 0 Å². The van der Waals surface area contributed by atoms with E-state index in [9.17, 15) is 10.2 Å². The molecule has 0 saturated carbocycles. The zero-order chi connectivity index (χ0) is 10.1. The Morgan fingerprint density at radius 1 is 1.07 bits per heavy atom. The smallest absolute Gasteiger partial charge is 0.0990 e. The van der Waals surface area contributed by atoms with Crippen LogP contribution >= 0.6 is 11.6 Å². The molecule has 1 aromatic carbocycles. The second-order valence-electron chi connectivity index (χ2n) is 3.52. The quantitative estimate of drug-likeness (QED) is 0.728. The molecule has 1 aliphatic rings. The van der Waals surface area contributed by atoms with E-state index in [0.29, 0.717) is 18.1 Å². The van der Waals surface area contributed by atoms with Crippen LogP contribution in [0.5, 0.6) is 0 Å². The molecule has 2 N–H and O–H groups in total. The van der Waals surface area contributed by atoms with Gasteiger partial charge in [0.05, 0.1) is 12.2 Å². The fourth-order valence-corrected chi connectivity index (χ4v) is 1.76. The Morgan fingerprint density at radius 3 is 2.07 bits per heavy atom. The molecule has 76 valence electrons. The summed E-state index contributed by atoms with van der Waals surface area (Å²) in [5.41, 5.74) is 0.977. The molecular weight excluding hydrogens is 202 g/mol. The highest BCUT2D eigenvalue weighted by atomic mass is 35.5. The number of anilines is 1. The molecule has 4 heteroatoms. The molecule has 0 spiro atoms. The average molecular weight is 214 g/mol. The molecule has 1 saturated heterocycles. The van der Waals surface area contributed by atoms with Crippen LogP contribution in [0, 0.1) is 0 Å². The highest BCUT2D eigenvalue weighted by molar-refractivity contribution is 6.30. The summed E-state index contributed by atoms with van der Waals surface area (Å²) in [5.74, 6) is 0. The monoisotopic (exact) mass is 213 g/mol. The van der Waals surface area contributed by atoms with E-state index in [2.05, 4.69) is 0 Å². The Bertz CT molecular complexity index is 304. The minimum absolute atomic E-state index is 0.475. The van der Waals surface area contributed by atoms with Crippen molar-refractivity contribution >= 4 is 17.3 Å². The Labute approximate surface area is 87.5 Å². The predicted octanol–water partition coefficient (Wildman–Crippen LogP) is 0.882. The highest BCUT2D eigenvalue weighted by Gasteiger charge is 2.29. The number of benzene rings is 1. The van der Waals surface area contributed by atoms with Gasteiger partial charge in [-0.05, 0) is 24.3 Å². The molecule has 1 aliphatic heterocycles. The summed E-state index contributed by atoms with van der Waals surface area (Å²) in [7, 11) is 0. The Hall–Kier alpha value is -0.770. The van der Waals surface area contributed by atoms with Crippen molar-refractivity contribution in [2.45, 2.75) is 12.2 Å². The SMILES string of the molecule is O[C@H]1CN(c2ccc(Cl)cc2)C[C@@H]1O. The van der Waals surface area contributed by atoms with Gasteiger partial charge in [0.25, 0.3) is 0 Å². The first-order valence-corrected chi connectivity index (χ1v) is 4.91. The topological polar surface area (TPSA) is 43.7 Å². The Morgan fingerprint density at radius 2 is 1.57 bits per heavy atom. The third-order valence-electron chi connectivity index (χ3n) is 2.45. The maximum Gasteiger partial charge on any atom is 0.0990 e. The van der Waals surface area contributed by atoms with E-state index < -0.39 is 12.2 Å². The second kappa shape index (κ2) is 3.77. The van der Waals surface area contributed by atoms with Gasteiger partial charge in [-0.15, -0.1) is 0 Å². The van der Waals surface area contributed by atoms with Gasteiger partial charge in [-0.25, -0.2) is 0 Å². The largest absolute Gasteiger partial charge is 0.389 e. The lowest BCUT2D eigenvalue weighted by atomic mass is 10.3. The average Bonchev–Trinajstić information content (AvgIpc) is 2.48. The Kier molecular flexibility index (Phi) is 2.63. The molecule has 3 nitrogen and oxygen atoms in total. The molecule has 0 aliphatic carbocycles. The summed E-state index contributed by atoms with van der Waals surface area (Å²) < 4.78 is 0. The number of rotatable bonds is 1. The lowest BCUT2D eigenvalue weighted by Crippen LogP contribution is -2.22. The van der Waals surface area contributed by atoms with Crippen molar-refractivity contribution in [3.8, 4) is 0 Å². The molecule has 0 unspecified atom stereocenters. The van der Waals surface area contributed by atoms with E-state index in [1.807, 2.05) is 17.0 Å². The van der Waals surface area contributed by atoms with Crippen LogP contribution in [-0.4, -0.2) is 35.5 Å². The first-order chi connectivity index (χ1) is 6.66. The molecule has 1 fully saturated rings. The lowest BCUT2D eigenvalue weighted by Gasteiger charge is -2.17. The van der Waals surface area contributed by atoms with Crippen molar-refractivity contribution in [3.63, 3.8) is 0 Å². The van der Waals surface area contributed by atoms with Crippen LogP contribution in [0.1, 0.15) is 0 Å². The van der Waals surface area contributed by atoms with Crippen molar-refractivity contribution < 1.29 is 10.2 Å². The molecule has 1 heterocycles. The van der Waals surface area contributed by atoms with E-state index in [4.69, 9.17) is 11.6 Å². The molecule has 2 atom stereocenters. The van der Waals surface area contributed by atoms with Crippen LogP contribution in [0.2, 0.25) is 5.02 Å². The fraction of sp³-hybridized carbons (Fsp3) is 0.400. The molecule has 0 radical (unpaired) electrons. The van der Waals surface area contributed by atoms with Gasteiger partial charge in [0.2, 0.25) is 0 Å². The van der Waals surface area contributed by atoms with Gasteiger partial charge in [-0.3, -0.25) is 0 Å². The highest BCUT2D eigenvalue weighted by Crippen LogP contribution is 2.22. The maximum atomic E-state index is 9.37. The van der Waals surface area contributed by atoms with Gasteiger partial charge in [0.15, 0.2) is 0 Å². The second-order valence-corrected chi connectivity index (χ2v) is 3.95. The van der Waals surface area contributed by atoms with Crippen LogP contribution in [0.3, 0.4) is 0 Å². The van der Waals surface area contributed by atoms with Crippen LogP contribution in [0.25, 0.3) is 0 Å². The van der Waals surface area contributed by atoms with E-state index in [0.717, 1.165) is 5.69 Å². The van der Waals surface area contributed by atoms with Crippen molar-refractivity contribution in [1.82, 2.24) is 0 Å². The zero-order valence-electron chi connectivity index (χ0n) is 7.60. The third-order valence-corrected chi connectivity index (χ3v) is 2.70. The minimum Gasteiger partial charge on any atom is -0.389 e. The summed E-state index contributed by atoms with van der Waals surface area (Å²) >= 11 is 5.76. The Balaban J connectivity index is 2.13. The maximum absolute atomic E-state index is 9.37. The normalized spacial score (nSPS) is 26.9. The van der Waals surface area contributed by atoms with Gasteiger partial charge in [0, 0.05) is 23.8 Å². The number of halogens is 1. The first kappa shape index (κ1) is 9.77. The van der Waals surface area contributed by atoms with Gasteiger partial charge in [-0.1, -0.05) is 11.6 Å². The molecule has 2 rings (SSSR count). The zero-order valence-corrected chi connectivity index (χ0v) is 8.35.